The molecular formula is C17H23N3O4S. The Kier molecular flexibility index (Phi) is 5.36. The van der Waals surface area contributed by atoms with Crippen LogP contribution in [0.15, 0.2) is 23.0 Å². The number of urea groups is 1. The smallest absolute Gasteiger partial charge is 0.326 e. The molecule has 2 bridgehead atoms. The van der Waals surface area contributed by atoms with Crippen molar-refractivity contribution in [2.24, 2.45) is 5.92 Å². The van der Waals surface area contributed by atoms with Gasteiger partial charge in [0.1, 0.15) is 6.04 Å². The highest BCUT2D eigenvalue weighted by atomic mass is 32.2. The van der Waals surface area contributed by atoms with Gasteiger partial charge in [0.05, 0.1) is 0 Å². The van der Waals surface area contributed by atoms with Crippen molar-refractivity contribution in [3.05, 3.63) is 34.2 Å². The van der Waals surface area contributed by atoms with Crippen LogP contribution in [0.3, 0.4) is 0 Å². The minimum absolute atomic E-state index is 0.00751. The van der Waals surface area contributed by atoms with Crippen molar-refractivity contribution >= 4 is 23.8 Å². The number of carboxylic acid groups (broad SMARTS) is 1. The van der Waals surface area contributed by atoms with E-state index in [4.69, 9.17) is 0 Å². The maximum atomic E-state index is 12.6. The highest BCUT2D eigenvalue weighted by Crippen LogP contribution is 2.34. The number of pyridine rings is 1. The van der Waals surface area contributed by atoms with Crippen LogP contribution in [0.1, 0.15) is 24.5 Å². The zero-order chi connectivity index (χ0) is 18.0. The lowest BCUT2D eigenvalue weighted by molar-refractivity contribution is -0.139. The van der Waals surface area contributed by atoms with E-state index in [-0.39, 0.29) is 23.4 Å². The number of piperidine rings is 1. The molecule has 3 atom stereocenters. The Morgan fingerprint density at radius 3 is 2.88 bits per heavy atom. The molecule has 8 heteroatoms. The van der Waals surface area contributed by atoms with E-state index >= 15 is 0 Å². The summed E-state index contributed by atoms with van der Waals surface area (Å²) >= 11 is 1.56. The fourth-order valence-corrected chi connectivity index (χ4v) is 4.27. The maximum Gasteiger partial charge on any atom is 0.326 e. The summed E-state index contributed by atoms with van der Waals surface area (Å²) < 4.78 is 1.81. The second-order valence-electron chi connectivity index (χ2n) is 6.72. The monoisotopic (exact) mass is 365 g/mol. The lowest BCUT2D eigenvalue weighted by atomic mass is 9.83. The third-order valence-corrected chi connectivity index (χ3v) is 5.62. The Labute approximate surface area is 150 Å². The number of carbonyl (C=O) groups is 2. The summed E-state index contributed by atoms with van der Waals surface area (Å²) in [5.41, 5.74) is 0.978. The maximum absolute atomic E-state index is 12.6. The molecule has 3 heterocycles. The third-order valence-electron chi connectivity index (χ3n) is 4.97. The summed E-state index contributed by atoms with van der Waals surface area (Å²) in [6.45, 7) is 1.68. The van der Waals surface area contributed by atoms with Gasteiger partial charge in [-0.25, -0.2) is 9.59 Å². The number of aromatic nitrogens is 1. The molecule has 2 N–H and O–H groups in total. The van der Waals surface area contributed by atoms with E-state index in [2.05, 4.69) is 5.32 Å². The number of likely N-dealkylation sites (tertiary alicyclic amines) is 1. The van der Waals surface area contributed by atoms with Gasteiger partial charge in [-0.05, 0) is 36.8 Å². The summed E-state index contributed by atoms with van der Waals surface area (Å²) in [5.74, 6) is 0.0309. The van der Waals surface area contributed by atoms with Gasteiger partial charge in [0, 0.05) is 37.3 Å². The van der Waals surface area contributed by atoms with Crippen LogP contribution in [-0.4, -0.2) is 57.7 Å². The van der Waals surface area contributed by atoms with Crippen LogP contribution >= 0.6 is 11.8 Å². The number of carboxylic acids is 1. The Hall–Kier alpha value is -1.96. The van der Waals surface area contributed by atoms with Gasteiger partial charge >= 0.3 is 12.0 Å². The number of hydrogen-bond donors (Lipinski definition) is 2. The Morgan fingerprint density at radius 2 is 2.16 bits per heavy atom. The Bertz CT molecular complexity index is 720. The topological polar surface area (TPSA) is 91.6 Å². The number of nitrogens with one attached hydrogen (secondary N) is 1. The van der Waals surface area contributed by atoms with Crippen molar-refractivity contribution in [1.29, 1.82) is 0 Å². The van der Waals surface area contributed by atoms with Crippen molar-refractivity contribution in [2.45, 2.75) is 31.3 Å². The number of rotatable bonds is 5. The number of aliphatic carboxylic acids is 1. The molecule has 1 saturated heterocycles. The van der Waals surface area contributed by atoms with E-state index in [9.17, 15) is 19.5 Å². The van der Waals surface area contributed by atoms with Crippen molar-refractivity contribution in [3.63, 3.8) is 0 Å². The molecule has 0 unspecified atom stereocenters. The minimum atomic E-state index is -1.00. The second-order valence-corrected chi connectivity index (χ2v) is 7.71. The van der Waals surface area contributed by atoms with E-state index in [1.807, 2.05) is 16.9 Å². The molecule has 1 fully saturated rings. The molecule has 1 aromatic heterocycles. The van der Waals surface area contributed by atoms with E-state index in [1.165, 1.54) is 0 Å². The van der Waals surface area contributed by atoms with Gasteiger partial charge in [0.2, 0.25) is 0 Å². The lowest BCUT2D eigenvalue weighted by Gasteiger charge is -2.42. The highest BCUT2D eigenvalue weighted by Gasteiger charge is 2.37. The van der Waals surface area contributed by atoms with Crippen LogP contribution < -0.4 is 10.9 Å². The van der Waals surface area contributed by atoms with Crippen LogP contribution in [0.4, 0.5) is 4.79 Å². The summed E-state index contributed by atoms with van der Waals surface area (Å²) in [5, 5.41) is 11.9. The van der Waals surface area contributed by atoms with Gasteiger partial charge < -0.3 is 19.9 Å². The summed E-state index contributed by atoms with van der Waals surface area (Å²) in [4.78, 5) is 37.6. The molecule has 0 radical (unpaired) electrons. The normalized spacial score (nSPS) is 22.8. The number of carbonyl (C=O) groups excluding carboxylic acids is 1. The van der Waals surface area contributed by atoms with Gasteiger partial charge in [-0.2, -0.15) is 11.8 Å². The molecule has 0 spiro atoms. The van der Waals surface area contributed by atoms with E-state index < -0.39 is 12.0 Å². The van der Waals surface area contributed by atoms with Crippen molar-refractivity contribution in [1.82, 2.24) is 14.8 Å². The molecule has 2 aliphatic heterocycles. The Balaban J connectivity index is 1.70. The zero-order valence-corrected chi connectivity index (χ0v) is 15.0. The third kappa shape index (κ3) is 3.84. The Morgan fingerprint density at radius 1 is 1.36 bits per heavy atom. The van der Waals surface area contributed by atoms with Gasteiger partial charge in [-0.3, -0.25) is 4.79 Å². The second kappa shape index (κ2) is 7.51. The number of nitrogens with zero attached hydrogens (tertiary/aromatic N) is 2. The number of amides is 2. The molecule has 136 valence electrons. The molecular weight excluding hydrogens is 342 g/mol. The van der Waals surface area contributed by atoms with Crippen LogP contribution in [0.5, 0.6) is 0 Å². The summed E-state index contributed by atoms with van der Waals surface area (Å²) in [7, 11) is 0. The van der Waals surface area contributed by atoms with E-state index in [0.29, 0.717) is 31.8 Å². The SMILES string of the molecule is CSCC[C@H](NC(=O)N1C[C@@H]2C[C@@H](C1)c1cccc(=O)n1C2)C(=O)O. The van der Waals surface area contributed by atoms with Crippen molar-refractivity contribution < 1.29 is 14.7 Å². The van der Waals surface area contributed by atoms with Crippen molar-refractivity contribution in [2.75, 3.05) is 25.1 Å². The van der Waals surface area contributed by atoms with Gasteiger partial charge in [0.25, 0.3) is 5.56 Å². The molecule has 0 aliphatic carbocycles. The van der Waals surface area contributed by atoms with E-state index in [0.717, 1.165) is 12.1 Å². The van der Waals surface area contributed by atoms with Crippen LogP contribution in [0, 0.1) is 5.92 Å². The van der Waals surface area contributed by atoms with Gasteiger partial charge in [0.15, 0.2) is 0 Å². The number of fused-ring (bicyclic) bond motifs is 4. The lowest BCUT2D eigenvalue weighted by Crippen LogP contribution is -2.54. The fraction of sp³-hybridized carbons (Fsp3) is 0.588. The molecule has 0 aromatic carbocycles. The predicted molar refractivity (Wildman–Crippen MR) is 96.1 cm³/mol. The largest absolute Gasteiger partial charge is 0.480 e. The minimum Gasteiger partial charge on any atom is -0.480 e. The van der Waals surface area contributed by atoms with Crippen molar-refractivity contribution in [3.8, 4) is 0 Å². The molecule has 0 saturated carbocycles. The van der Waals surface area contributed by atoms with E-state index in [1.54, 1.807) is 28.8 Å². The first-order chi connectivity index (χ1) is 12.0. The molecule has 7 nitrogen and oxygen atoms in total. The molecule has 1 aromatic rings. The zero-order valence-electron chi connectivity index (χ0n) is 14.2. The van der Waals surface area contributed by atoms with Gasteiger partial charge in [-0.1, -0.05) is 6.07 Å². The van der Waals surface area contributed by atoms with Gasteiger partial charge in [-0.15, -0.1) is 0 Å². The van der Waals surface area contributed by atoms with Crippen LogP contribution in [-0.2, 0) is 11.3 Å². The first-order valence-corrected chi connectivity index (χ1v) is 9.86. The quantitative estimate of drug-likeness (QED) is 0.818. The average molecular weight is 365 g/mol. The summed E-state index contributed by atoms with van der Waals surface area (Å²) in [6, 6.07) is 4.09. The highest BCUT2D eigenvalue weighted by molar-refractivity contribution is 7.98. The molecule has 2 amide bonds. The first kappa shape index (κ1) is 17.8. The summed E-state index contributed by atoms with van der Waals surface area (Å²) in [6.07, 6.45) is 3.27. The van der Waals surface area contributed by atoms with Crippen LogP contribution in [0.2, 0.25) is 0 Å². The molecule has 25 heavy (non-hydrogen) atoms. The molecule has 3 rings (SSSR count). The molecule has 2 aliphatic rings. The average Bonchev–Trinajstić information content (AvgIpc) is 2.59. The standard InChI is InChI=1S/C17H23N3O4S/c1-25-6-5-13(16(22)23)18-17(24)19-8-11-7-12(10-19)14-3-2-4-15(21)20(14)9-11/h2-4,11-13H,5-10H2,1H3,(H,18,24)(H,22,23)/t11-,12-,13-/m0/s1. The number of thioether (sulfide) groups is 1. The van der Waals surface area contributed by atoms with Crippen LogP contribution in [0.25, 0.3) is 0 Å². The fourth-order valence-electron chi connectivity index (χ4n) is 3.80. The number of hydrogen-bond acceptors (Lipinski definition) is 4. The predicted octanol–water partition coefficient (Wildman–Crippen LogP) is 1.18. The first-order valence-electron chi connectivity index (χ1n) is 8.46.